The molecule has 1 rings (SSSR count). The number of hydrogen-bond donors (Lipinski definition) is 2. The number of rotatable bonds is 2. The maximum Gasteiger partial charge on any atom is 0.404 e. The fraction of sp³-hybridized carbons (Fsp3) is 0.222. The zero-order valence-corrected chi connectivity index (χ0v) is 9.06. The van der Waals surface area contributed by atoms with Crippen molar-refractivity contribution < 1.29 is 14.3 Å². The third kappa shape index (κ3) is 2.70. The summed E-state index contributed by atoms with van der Waals surface area (Å²) in [6.07, 6.45) is -1.12. The van der Waals surface area contributed by atoms with E-state index in [2.05, 4.69) is 21.2 Å². The molecule has 0 saturated carbocycles. The molecule has 1 aromatic rings. The zero-order valence-electron chi connectivity index (χ0n) is 7.47. The van der Waals surface area contributed by atoms with E-state index in [9.17, 15) is 9.18 Å². The number of carbonyl (C=O) groups is 1. The Labute approximate surface area is 89.1 Å². The minimum atomic E-state index is -1.12. The first-order chi connectivity index (χ1) is 6.50. The van der Waals surface area contributed by atoms with Crippen molar-refractivity contribution in [1.82, 2.24) is 5.32 Å². The lowest BCUT2D eigenvalue weighted by molar-refractivity contribution is 0.194. The highest BCUT2D eigenvalue weighted by molar-refractivity contribution is 9.10. The Kier molecular flexibility index (Phi) is 3.46. The van der Waals surface area contributed by atoms with Crippen LogP contribution >= 0.6 is 15.9 Å². The van der Waals surface area contributed by atoms with Gasteiger partial charge in [-0.05, 0) is 46.1 Å². The van der Waals surface area contributed by atoms with Crippen molar-refractivity contribution >= 4 is 22.0 Å². The topological polar surface area (TPSA) is 49.3 Å². The van der Waals surface area contributed by atoms with Gasteiger partial charge in [0.25, 0.3) is 0 Å². The van der Waals surface area contributed by atoms with Crippen LogP contribution in [-0.2, 0) is 6.54 Å². The second-order valence-corrected chi connectivity index (χ2v) is 3.71. The van der Waals surface area contributed by atoms with E-state index in [1.807, 2.05) is 0 Å². The van der Waals surface area contributed by atoms with E-state index in [-0.39, 0.29) is 6.54 Å². The van der Waals surface area contributed by atoms with E-state index in [0.717, 1.165) is 5.56 Å². The fourth-order valence-corrected chi connectivity index (χ4v) is 1.51. The number of benzene rings is 1. The normalized spacial score (nSPS) is 9.93. The van der Waals surface area contributed by atoms with Crippen LogP contribution in [0, 0.1) is 12.7 Å². The molecule has 3 nitrogen and oxygen atoms in total. The van der Waals surface area contributed by atoms with Gasteiger partial charge in [0.2, 0.25) is 0 Å². The van der Waals surface area contributed by atoms with Crippen molar-refractivity contribution in [2.24, 2.45) is 0 Å². The molecular formula is C9H9BrFNO2. The van der Waals surface area contributed by atoms with Gasteiger partial charge in [-0.3, -0.25) is 0 Å². The molecule has 0 aromatic heterocycles. The Morgan fingerprint density at radius 2 is 2.29 bits per heavy atom. The summed E-state index contributed by atoms with van der Waals surface area (Å²) in [5.74, 6) is -0.391. The van der Waals surface area contributed by atoms with Gasteiger partial charge in [-0.15, -0.1) is 0 Å². The molecule has 1 amide bonds. The minimum absolute atomic E-state index is 0.116. The summed E-state index contributed by atoms with van der Waals surface area (Å²) < 4.78 is 13.4. The highest BCUT2D eigenvalue weighted by Crippen LogP contribution is 2.20. The van der Waals surface area contributed by atoms with Gasteiger partial charge < -0.3 is 10.4 Å². The number of nitrogens with one attached hydrogen (secondary N) is 1. The van der Waals surface area contributed by atoms with Crippen molar-refractivity contribution in [2.45, 2.75) is 13.5 Å². The summed E-state index contributed by atoms with van der Waals surface area (Å²) in [5, 5.41) is 10.6. The first kappa shape index (κ1) is 11.0. The van der Waals surface area contributed by atoms with Crippen LogP contribution in [0.2, 0.25) is 0 Å². The second kappa shape index (κ2) is 4.41. The van der Waals surface area contributed by atoms with Crippen molar-refractivity contribution in [3.05, 3.63) is 33.5 Å². The summed E-state index contributed by atoms with van der Waals surface area (Å²) in [6.45, 7) is 1.91. The van der Waals surface area contributed by atoms with Crippen LogP contribution in [0.4, 0.5) is 9.18 Å². The molecule has 0 unspecified atom stereocenters. The Hall–Kier alpha value is -1.10. The first-order valence-electron chi connectivity index (χ1n) is 3.92. The Balaban J connectivity index is 2.87. The molecule has 0 saturated heterocycles. The molecule has 2 N–H and O–H groups in total. The molecule has 0 atom stereocenters. The molecule has 0 heterocycles. The smallest absolute Gasteiger partial charge is 0.404 e. The van der Waals surface area contributed by atoms with Gasteiger partial charge in [0.15, 0.2) is 0 Å². The fourth-order valence-electron chi connectivity index (χ4n) is 1.05. The predicted molar refractivity (Wildman–Crippen MR) is 53.7 cm³/mol. The Morgan fingerprint density at radius 1 is 1.64 bits per heavy atom. The molecule has 0 fully saturated rings. The number of carboxylic acid groups (broad SMARTS) is 1. The maximum absolute atomic E-state index is 13.1. The van der Waals surface area contributed by atoms with Gasteiger partial charge >= 0.3 is 6.09 Å². The summed E-state index contributed by atoms with van der Waals surface area (Å²) in [7, 11) is 0. The van der Waals surface area contributed by atoms with E-state index < -0.39 is 11.9 Å². The average molecular weight is 262 g/mol. The van der Waals surface area contributed by atoms with Gasteiger partial charge in [0, 0.05) is 6.54 Å². The van der Waals surface area contributed by atoms with E-state index in [0.29, 0.717) is 10.0 Å². The van der Waals surface area contributed by atoms with E-state index in [1.54, 1.807) is 13.0 Å². The third-order valence-electron chi connectivity index (χ3n) is 1.81. The SMILES string of the molecule is Cc1cc(Br)c(F)cc1CNC(=O)O. The molecule has 0 aliphatic heterocycles. The largest absolute Gasteiger partial charge is 0.465 e. The van der Waals surface area contributed by atoms with Crippen LogP contribution in [-0.4, -0.2) is 11.2 Å². The first-order valence-corrected chi connectivity index (χ1v) is 4.71. The highest BCUT2D eigenvalue weighted by atomic mass is 79.9. The number of hydrogen-bond acceptors (Lipinski definition) is 1. The second-order valence-electron chi connectivity index (χ2n) is 2.85. The molecule has 0 aliphatic carbocycles. The monoisotopic (exact) mass is 261 g/mol. The lowest BCUT2D eigenvalue weighted by Gasteiger charge is -2.06. The van der Waals surface area contributed by atoms with Gasteiger partial charge in [0.05, 0.1) is 4.47 Å². The molecule has 14 heavy (non-hydrogen) atoms. The van der Waals surface area contributed by atoms with Crippen LogP contribution in [0.15, 0.2) is 16.6 Å². The lowest BCUT2D eigenvalue weighted by atomic mass is 10.1. The van der Waals surface area contributed by atoms with Gasteiger partial charge in [-0.2, -0.15) is 0 Å². The van der Waals surface area contributed by atoms with Crippen LogP contribution < -0.4 is 5.32 Å². The summed E-state index contributed by atoms with van der Waals surface area (Å²) >= 11 is 3.05. The van der Waals surface area contributed by atoms with Crippen LogP contribution in [0.3, 0.4) is 0 Å². The molecule has 0 radical (unpaired) electrons. The molecular weight excluding hydrogens is 253 g/mol. The number of halogens is 2. The summed E-state index contributed by atoms with van der Waals surface area (Å²) in [4.78, 5) is 10.2. The Morgan fingerprint density at radius 3 is 2.86 bits per heavy atom. The van der Waals surface area contributed by atoms with Crippen molar-refractivity contribution in [2.75, 3.05) is 0 Å². The van der Waals surface area contributed by atoms with Crippen molar-refractivity contribution in [1.29, 1.82) is 0 Å². The van der Waals surface area contributed by atoms with Gasteiger partial charge in [0.1, 0.15) is 5.82 Å². The number of amides is 1. The lowest BCUT2D eigenvalue weighted by Crippen LogP contribution is -2.20. The van der Waals surface area contributed by atoms with E-state index in [4.69, 9.17) is 5.11 Å². The van der Waals surface area contributed by atoms with E-state index in [1.165, 1.54) is 6.07 Å². The van der Waals surface area contributed by atoms with Gasteiger partial charge in [-0.25, -0.2) is 9.18 Å². The average Bonchev–Trinajstić information content (AvgIpc) is 2.09. The molecule has 5 heteroatoms. The quantitative estimate of drug-likeness (QED) is 0.860. The molecule has 0 bridgehead atoms. The van der Waals surface area contributed by atoms with E-state index >= 15 is 0 Å². The van der Waals surface area contributed by atoms with Crippen LogP contribution in [0.5, 0.6) is 0 Å². The summed E-state index contributed by atoms with van der Waals surface area (Å²) in [6, 6.07) is 2.93. The van der Waals surface area contributed by atoms with Gasteiger partial charge in [-0.1, -0.05) is 0 Å². The standard InChI is InChI=1S/C9H9BrFNO2/c1-5-2-7(10)8(11)3-6(5)4-12-9(13)14/h2-3,12H,4H2,1H3,(H,13,14). The zero-order chi connectivity index (χ0) is 10.7. The molecule has 0 aliphatic rings. The number of aryl methyl sites for hydroxylation is 1. The molecule has 76 valence electrons. The minimum Gasteiger partial charge on any atom is -0.465 e. The predicted octanol–water partition coefficient (Wildman–Crippen LogP) is 2.66. The summed E-state index contributed by atoms with van der Waals surface area (Å²) in [5.41, 5.74) is 1.47. The van der Waals surface area contributed by atoms with Crippen molar-refractivity contribution in [3.8, 4) is 0 Å². The van der Waals surface area contributed by atoms with Crippen LogP contribution in [0.25, 0.3) is 0 Å². The van der Waals surface area contributed by atoms with Crippen molar-refractivity contribution in [3.63, 3.8) is 0 Å². The molecule has 1 aromatic carbocycles. The molecule has 0 spiro atoms. The maximum atomic E-state index is 13.1. The van der Waals surface area contributed by atoms with Crippen LogP contribution in [0.1, 0.15) is 11.1 Å². The third-order valence-corrected chi connectivity index (χ3v) is 2.42. The Bertz CT molecular complexity index is 368. The highest BCUT2D eigenvalue weighted by Gasteiger charge is 2.05.